The predicted octanol–water partition coefficient (Wildman–Crippen LogP) is 4.37. The second kappa shape index (κ2) is 7.06. The maximum absolute atomic E-state index is 4.31. The summed E-state index contributed by atoms with van der Waals surface area (Å²) in [6.07, 6.45) is 9.32. The van der Waals surface area contributed by atoms with Gasteiger partial charge in [0.25, 0.3) is 0 Å². The summed E-state index contributed by atoms with van der Waals surface area (Å²) in [6.45, 7) is 14.7. The Bertz CT molecular complexity index is 824. The molecule has 0 radical (unpaired) electrons. The molecule has 0 unspecified atom stereocenters. The van der Waals surface area contributed by atoms with Gasteiger partial charge in [0.05, 0.1) is 0 Å². The number of rotatable bonds is 6. The van der Waals surface area contributed by atoms with Crippen molar-refractivity contribution in [2.24, 2.45) is 0 Å². The Morgan fingerprint density at radius 3 is 2.69 bits per heavy atom. The second-order valence-corrected chi connectivity index (χ2v) is 7.76. The summed E-state index contributed by atoms with van der Waals surface area (Å²) >= 11 is 0. The normalized spacial score (nSPS) is 16.4. The lowest BCUT2D eigenvalue weighted by Crippen LogP contribution is -2.29. The Kier molecular flexibility index (Phi) is 4.62. The number of benzene rings is 1. The first-order valence-electron chi connectivity index (χ1n) is 9.73. The van der Waals surface area contributed by atoms with Crippen LogP contribution in [0.2, 0.25) is 0 Å². The standard InChI is InChI=1S/C23H29N3/c1-18(2)15-24-17-23-21(7-6-8-22(23)19(24)3)10-9-20-11-14-26(16-20)25-12-4-5-13-25/h6-8,11,14,16H,1,3-5,9-10,12-13,15,17H2,2H3. The molecular formula is C23H29N3. The largest absolute Gasteiger partial charge is 0.363 e. The minimum Gasteiger partial charge on any atom is -0.363 e. The van der Waals surface area contributed by atoms with Crippen LogP contribution in [0, 0.1) is 0 Å². The van der Waals surface area contributed by atoms with E-state index < -0.39 is 0 Å². The third-order valence-electron chi connectivity index (χ3n) is 5.61. The second-order valence-electron chi connectivity index (χ2n) is 7.76. The molecule has 1 aromatic carbocycles. The van der Waals surface area contributed by atoms with Gasteiger partial charge in [-0.15, -0.1) is 0 Å². The van der Waals surface area contributed by atoms with Crippen LogP contribution in [0.1, 0.15) is 42.0 Å². The fourth-order valence-corrected chi connectivity index (χ4v) is 4.22. The zero-order valence-corrected chi connectivity index (χ0v) is 15.9. The van der Waals surface area contributed by atoms with Crippen molar-refractivity contribution < 1.29 is 0 Å². The van der Waals surface area contributed by atoms with Crippen molar-refractivity contribution in [1.29, 1.82) is 0 Å². The number of nitrogens with zero attached hydrogens (tertiary/aromatic N) is 3. The molecule has 1 aromatic heterocycles. The van der Waals surface area contributed by atoms with E-state index in [0.717, 1.165) is 31.6 Å². The minimum atomic E-state index is 0.894. The van der Waals surface area contributed by atoms with E-state index in [2.05, 4.69) is 71.3 Å². The van der Waals surface area contributed by atoms with E-state index in [1.807, 2.05) is 0 Å². The Morgan fingerprint density at radius 2 is 1.92 bits per heavy atom. The monoisotopic (exact) mass is 347 g/mol. The third kappa shape index (κ3) is 3.31. The van der Waals surface area contributed by atoms with Gasteiger partial charge >= 0.3 is 0 Å². The first-order valence-corrected chi connectivity index (χ1v) is 9.73. The molecule has 2 aliphatic heterocycles. The van der Waals surface area contributed by atoms with Crippen LogP contribution in [-0.4, -0.2) is 29.2 Å². The summed E-state index contributed by atoms with van der Waals surface area (Å²) in [5, 5.41) is 2.43. The van der Waals surface area contributed by atoms with Gasteiger partial charge < -0.3 is 9.91 Å². The van der Waals surface area contributed by atoms with Crippen molar-refractivity contribution in [1.82, 2.24) is 9.58 Å². The maximum Gasteiger partial charge on any atom is 0.0442 e. The Balaban J connectivity index is 1.45. The van der Waals surface area contributed by atoms with Crippen LogP contribution in [-0.2, 0) is 19.4 Å². The van der Waals surface area contributed by atoms with Gasteiger partial charge in [-0.1, -0.05) is 36.9 Å². The topological polar surface area (TPSA) is 11.4 Å². The van der Waals surface area contributed by atoms with Gasteiger partial charge in [0.1, 0.15) is 0 Å². The lowest BCUT2D eigenvalue weighted by molar-refractivity contribution is 0.444. The molecule has 0 bridgehead atoms. The van der Waals surface area contributed by atoms with Crippen molar-refractivity contribution in [2.75, 3.05) is 24.6 Å². The molecule has 26 heavy (non-hydrogen) atoms. The van der Waals surface area contributed by atoms with E-state index in [-0.39, 0.29) is 0 Å². The van der Waals surface area contributed by atoms with Crippen molar-refractivity contribution >= 4 is 5.70 Å². The fraction of sp³-hybridized carbons (Fsp3) is 0.391. The summed E-state index contributed by atoms with van der Waals surface area (Å²) in [5.41, 5.74) is 7.98. The molecule has 0 N–H and O–H groups in total. The summed E-state index contributed by atoms with van der Waals surface area (Å²) in [5.74, 6) is 0. The molecule has 2 aliphatic rings. The first-order chi connectivity index (χ1) is 12.6. The highest BCUT2D eigenvalue weighted by Gasteiger charge is 2.24. The summed E-state index contributed by atoms with van der Waals surface area (Å²) < 4.78 is 2.29. The molecule has 1 fully saturated rings. The number of aromatic nitrogens is 1. The molecule has 4 rings (SSSR count). The Labute approximate surface area is 157 Å². The molecule has 3 nitrogen and oxygen atoms in total. The SMILES string of the molecule is C=C(C)CN1Cc2c(CCc3ccn(N4CCCC4)c3)cccc2C1=C. The van der Waals surface area contributed by atoms with Crippen molar-refractivity contribution in [2.45, 2.75) is 39.2 Å². The highest BCUT2D eigenvalue weighted by Crippen LogP contribution is 2.34. The van der Waals surface area contributed by atoms with Crippen molar-refractivity contribution in [3.63, 3.8) is 0 Å². The molecule has 0 aliphatic carbocycles. The van der Waals surface area contributed by atoms with Crippen molar-refractivity contribution in [3.05, 3.63) is 77.6 Å². The van der Waals surface area contributed by atoms with Gasteiger partial charge in [-0.25, -0.2) is 0 Å². The fourth-order valence-electron chi connectivity index (χ4n) is 4.22. The molecule has 1 saturated heterocycles. The van der Waals surface area contributed by atoms with Crippen LogP contribution in [0.3, 0.4) is 0 Å². The van der Waals surface area contributed by atoms with E-state index in [9.17, 15) is 0 Å². The molecule has 0 atom stereocenters. The number of hydrogen-bond acceptors (Lipinski definition) is 2. The molecule has 3 heterocycles. The zero-order chi connectivity index (χ0) is 18.1. The Morgan fingerprint density at radius 1 is 1.12 bits per heavy atom. The number of aryl methyl sites for hydroxylation is 2. The van der Waals surface area contributed by atoms with Crippen molar-refractivity contribution in [3.8, 4) is 0 Å². The smallest absolute Gasteiger partial charge is 0.0442 e. The summed E-state index contributed by atoms with van der Waals surface area (Å²) in [7, 11) is 0. The molecular weight excluding hydrogens is 318 g/mol. The van der Waals surface area contributed by atoms with Gasteiger partial charge in [-0.05, 0) is 55.4 Å². The highest BCUT2D eigenvalue weighted by molar-refractivity contribution is 5.70. The van der Waals surface area contributed by atoms with E-state index >= 15 is 0 Å². The van der Waals surface area contributed by atoms with Crippen LogP contribution >= 0.6 is 0 Å². The minimum absolute atomic E-state index is 0.894. The average Bonchev–Trinajstić information content (AvgIpc) is 3.34. The van der Waals surface area contributed by atoms with Gasteiger partial charge in [-0.2, -0.15) is 0 Å². The zero-order valence-electron chi connectivity index (χ0n) is 15.9. The summed E-state index contributed by atoms with van der Waals surface area (Å²) in [6, 6.07) is 8.95. The third-order valence-corrected chi connectivity index (χ3v) is 5.61. The first kappa shape index (κ1) is 17.0. The maximum atomic E-state index is 4.31. The van der Waals surface area contributed by atoms with E-state index in [1.165, 1.54) is 53.8 Å². The van der Waals surface area contributed by atoms with E-state index in [1.54, 1.807) is 0 Å². The molecule has 0 spiro atoms. The lowest BCUT2D eigenvalue weighted by Gasteiger charge is -2.19. The van der Waals surface area contributed by atoms with Gasteiger partial charge in [-0.3, -0.25) is 4.68 Å². The molecule has 136 valence electrons. The number of fused-ring (bicyclic) bond motifs is 1. The number of hydrogen-bond donors (Lipinski definition) is 0. The molecule has 0 amide bonds. The molecule has 3 heteroatoms. The van der Waals surface area contributed by atoms with Gasteiger partial charge in [0.15, 0.2) is 0 Å². The quantitative estimate of drug-likeness (QED) is 0.719. The van der Waals surface area contributed by atoms with E-state index in [4.69, 9.17) is 0 Å². The summed E-state index contributed by atoms with van der Waals surface area (Å²) in [4.78, 5) is 2.35. The van der Waals surface area contributed by atoms with Gasteiger partial charge in [0.2, 0.25) is 0 Å². The molecule has 2 aromatic rings. The van der Waals surface area contributed by atoms with Crippen LogP contribution in [0.5, 0.6) is 0 Å². The average molecular weight is 348 g/mol. The van der Waals surface area contributed by atoms with Crippen LogP contribution in [0.15, 0.2) is 55.4 Å². The van der Waals surface area contributed by atoms with Crippen LogP contribution < -0.4 is 5.01 Å². The predicted molar refractivity (Wildman–Crippen MR) is 110 cm³/mol. The molecule has 0 saturated carbocycles. The highest BCUT2D eigenvalue weighted by atomic mass is 15.5. The lowest BCUT2D eigenvalue weighted by atomic mass is 9.98. The van der Waals surface area contributed by atoms with Gasteiger partial charge in [0, 0.05) is 49.8 Å². The van der Waals surface area contributed by atoms with E-state index in [0.29, 0.717) is 0 Å². The Hall–Kier alpha value is -2.42. The van der Waals surface area contributed by atoms with Crippen LogP contribution in [0.25, 0.3) is 5.70 Å². The van der Waals surface area contributed by atoms with Crippen LogP contribution in [0.4, 0.5) is 0 Å².